The van der Waals surface area contributed by atoms with Gasteiger partial charge in [-0.25, -0.2) is 15.8 Å². The van der Waals surface area contributed by atoms with Crippen LogP contribution in [0.3, 0.4) is 0 Å². The van der Waals surface area contributed by atoms with Crippen LogP contribution in [0.1, 0.15) is 26.1 Å². The van der Waals surface area contributed by atoms with E-state index in [1.165, 1.54) is 0 Å². The normalized spacial score (nSPS) is 11.7. The van der Waals surface area contributed by atoms with E-state index in [2.05, 4.69) is 21.5 Å². The van der Waals surface area contributed by atoms with E-state index in [0.29, 0.717) is 12.2 Å². The van der Waals surface area contributed by atoms with Gasteiger partial charge in [-0.3, -0.25) is 0 Å². The zero-order valence-electron chi connectivity index (χ0n) is 10.4. The molecule has 0 saturated carbocycles. The Balaban J connectivity index is 3.00. The van der Waals surface area contributed by atoms with E-state index in [1.54, 1.807) is 6.07 Å². The minimum absolute atomic E-state index is 0.102. The van der Waals surface area contributed by atoms with Crippen LogP contribution in [0, 0.1) is 11.3 Å². The fourth-order valence-electron chi connectivity index (χ4n) is 1.39. The van der Waals surface area contributed by atoms with Crippen LogP contribution in [-0.4, -0.2) is 23.1 Å². The van der Waals surface area contributed by atoms with Crippen molar-refractivity contribution in [1.29, 1.82) is 5.26 Å². The highest BCUT2D eigenvalue weighted by Gasteiger charge is 2.13. The molecule has 0 radical (unpaired) electrons. The molecule has 17 heavy (non-hydrogen) atoms. The third-order valence-corrected chi connectivity index (χ3v) is 2.63. The van der Waals surface area contributed by atoms with Gasteiger partial charge in [0.1, 0.15) is 17.5 Å². The molecule has 1 atom stereocenters. The number of nitriles is 1. The van der Waals surface area contributed by atoms with Gasteiger partial charge in [0.05, 0.1) is 12.5 Å². The highest BCUT2D eigenvalue weighted by molar-refractivity contribution is 5.49. The minimum atomic E-state index is 0.102. The Morgan fingerprint density at radius 2 is 2.29 bits per heavy atom. The van der Waals surface area contributed by atoms with Gasteiger partial charge in [0.2, 0.25) is 0 Å². The van der Waals surface area contributed by atoms with Crippen molar-refractivity contribution in [3.05, 3.63) is 11.9 Å². The second-order valence-corrected chi connectivity index (χ2v) is 3.85. The van der Waals surface area contributed by atoms with Crippen molar-refractivity contribution in [1.82, 2.24) is 9.97 Å². The summed E-state index contributed by atoms with van der Waals surface area (Å²) < 4.78 is 0. The Morgan fingerprint density at radius 1 is 1.59 bits per heavy atom. The summed E-state index contributed by atoms with van der Waals surface area (Å²) >= 11 is 0. The zero-order chi connectivity index (χ0) is 12.8. The van der Waals surface area contributed by atoms with Crippen molar-refractivity contribution < 1.29 is 0 Å². The van der Waals surface area contributed by atoms with Gasteiger partial charge in [0, 0.05) is 25.6 Å². The van der Waals surface area contributed by atoms with Crippen LogP contribution in [0.2, 0.25) is 0 Å². The number of hydrogen-bond donors (Lipinski definition) is 2. The first-order valence-electron chi connectivity index (χ1n) is 5.56. The number of nitrogens with two attached hydrogens (primary N) is 1. The van der Waals surface area contributed by atoms with E-state index in [9.17, 15) is 0 Å². The van der Waals surface area contributed by atoms with Crippen LogP contribution in [0.5, 0.6) is 0 Å². The molecule has 1 aromatic heterocycles. The summed E-state index contributed by atoms with van der Waals surface area (Å²) in [5, 5.41) is 8.69. The number of anilines is 2. The van der Waals surface area contributed by atoms with Gasteiger partial charge in [0.25, 0.3) is 0 Å². The van der Waals surface area contributed by atoms with Crippen molar-refractivity contribution in [2.24, 2.45) is 5.84 Å². The van der Waals surface area contributed by atoms with E-state index in [0.717, 1.165) is 18.1 Å². The average molecular weight is 234 g/mol. The summed E-state index contributed by atoms with van der Waals surface area (Å²) in [5.74, 6) is 7.45. The van der Waals surface area contributed by atoms with Gasteiger partial charge in [-0.1, -0.05) is 6.92 Å². The maximum atomic E-state index is 8.69. The SMILES string of the molecule is CCc1nc(NN)cc(N(C)C(C)CC#N)n1. The van der Waals surface area contributed by atoms with Crippen LogP contribution < -0.4 is 16.2 Å². The molecule has 1 rings (SSSR count). The first kappa shape index (κ1) is 13.2. The molecular weight excluding hydrogens is 216 g/mol. The number of rotatable bonds is 5. The molecule has 0 amide bonds. The van der Waals surface area contributed by atoms with E-state index in [1.807, 2.05) is 25.8 Å². The summed E-state index contributed by atoms with van der Waals surface area (Å²) in [7, 11) is 1.91. The van der Waals surface area contributed by atoms with Crippen molar-refractivity contribution in [3.63, 3.8) is 0 Å². The summed E-state index contributed by atoms with van der Waals surface area (Å²) in [4.78, 5) is 10.6. The Bertz CT molecular complexity index is 389. The Morgan fingerprint density at radius 3 is 2.82 bits per heavy atom. The molecule has 1 unspecified atom stereocenters. The van der Waals surface area contributed by atoms with Crippen molar-refractivity contribution in [3.8, 4) is 6.07 Å². The third-order valence-electron chi connectivity index (χ3n) is 2.63. The van der Waals surface area contributed by atoms with Crippen LogP contribution in [0.4, 0.5) is 11.6 Å². The Labute approximate surface area is 101 Å². The van der Waals surface area contributed by atoms with E-state index >= 15 is 0 Å². The van der Waals surface area contributed by atoms with Crippen molar-refractivity contribution in [2.45, 2.75) is 32.7 Å². The standard InChI is InChI=1S/C11H18N6/c1-4-9-14-10(16-13)7-11(15-9)17(3)8(2)5-6-12/h7-8H,4-5,13H2,1-3H3,(H,14,15,16). The second-order valence-electron chi connectivity index (χ2n) is 3.85. The zero-order valence-corrected chi connectivity index (χ0v) is 10.4. The fraction of sp³-hybridized carbons (Fsp3) is 0.545. The topological polar surface area (TPSA) is 90.9 Å². The quantitative estimate of drug-likeness (QED) is 0.585. The van der Waals surface area contributed by atoms with Gasteiger partial charge < -0.3 is 10.3 Å². The Kier molecular flexibility index (Phi) is 4.67. The van der Waals surface area contributed by atoms with Crippen molar-refractivity contribution >= 4 is 11.6 Å². The lowest BCUT2D eigenvalue weighted by Crippen LogP contribution is -2.29. The maximum absolute atomic E-state index is 8.69. The molecule has 0 spiro atoms. The maximum Gasteiger partial charge on any atom is 0.145 e. The van der Waals surface area contributed by atoms with Crippen LogP contribution in [0.25, 0.3) is 0 Å². The molecule has 0 bridgehead atoms. The molecule has 3 N–H and O–H groups in total. The summed E-state index contributed by atoms with van der Waals surface area (Å²) in [5.41, 5.74) is 2.53. The fourth-order valence-corrected chi connectivity index (χ4v) is 1.39. The molecule has 0 saturated heterocycles. The number of nitrogens with zero attached hydrogens (tertiary/aromatic N) is 4. The molecule has 0 aliphatic heterocycles. The molecule has 0 aromatic carbocycles. The van der Waals surface area contributed by atoms with Gasteiger partial charge >= 0.3 is 0 Å². The van der Waals surface area contributed by atoms with Gasteiger partial charge in [-0.05, 0) is 6.92 Å². The third kappa shape index (κ3) is 3.29. The molecule has 1 aromatic rings. The number of nitrogens with one attached hydrogen (secondary N) is 1. The van der Waals surface area contributed by atoms with Gasteiger partial charge in [-0.2, -0.15) is 5.26 Å². The number of hydrogen-bond acceptors (Lipinski definition) is 6. The summed E-state index contributed by atoms with van der Waals surface area (Å²) in [6, 6.07) is 4.02. The lowest BCUT2D eigenvalue weighted by molar-refractivity contribution is 0.689. The molecule has 0 aliphatic carbocycles. The van der Waals surface area contributed by atoms with Crippen LogP contribution >= 0.6 is 0 Å². The number of aryl methyl sites for hydroxylation is 1. The van der Waals surface area contributed by atoms with Gasteiger partial charge in [0.15, 0.2) is 0 Å². The number of aromatic nitrogens is 2. The van der Waals surface area contributed by atoms with Gasteiger partial charge in [-0.15, -0.1) is 0 Å². The van der Waals surface area contributed by atoms with Crippen LogP contribution in [-0.2, 0) is 6.42 Å². The monoisotopic (exact) mass is 234 g/mol. The highest BCUT2D eigenvalue weighted by atomic mass is 15.3. The summed E-state index contributed by atoms with van der Waals surface area (Å²) in [6.07, 6.45) is 1.19. The lowest BCUT2D eigenvalue weighted by atomic mass is 10.2. The van der Waals surface area contributed by atoms with E-state index in [4.69, 9.17) is 11.1 Å². The molecule has 0 aliphatic rings. The van der Waals surface area contributed by atoms with E-state index in [-0.39, 0.29) is 6.04 Å². The molecule has 0 fully saturated rings. The largest absolute Gasteiger partial charge is 0.356 e. The first-order valence-corrected chi connectivity index (χ1v) is 5.56. The number of hydrazine groups is 1. The highest BCUT2D eigenvalue weighted by Crippen LogP contribution is 2.17. The second kappa shape index (κ2) is 6.01. The predicted octanol–water partition coefficient (Wildman–Crippen LogP) is 1.06. The number of nitrogen functional groups attached to an aromatic ring is 1. The molecular formula is C11H18N6. The average Bonchev–Trinajstić information content (AvgIpc) is 2.37. The smallest absolute Gasteiger partial charge is 0.145 e. The molecule has 1 heterocycles. The lowest BCUT2D eigenvalue weighted by Gasteiger charge is -2.24. The Hall–Kier alpha value is -1.87. The van der Waals surface area contributed by atoms with Crippen molar-refractivity contribution in [2.75, 3.05) is 17.4 Å². The predicted molar refractivity (Wildman–Crippen MR) is 67.3 cm³/mol. The summed E-state index contributed by atoms with van der Waals surface area (Å²) in [6.45, 7) is 3.96. The van der Waals surface area contributed by atoms with Crippen LogP contribution in [0.15, 0.2) is 6.07 Å². The molecule has 6 nitrogen and oxygen atoms in total. The van der Waals surface area contributed by atoms with E-state index < -0.39 is 0 Å². The molecule has 92 valence electrons. The minimum Gasteiger partial charge on any atom is -0.356 e. The first-order chi connectivity index (χ1) is 8.12. The molecule has 6 heteroatoms.